The predicted octanol–water partition coefficient (Wildman–Crippen LogP) is 2.38. The maximum absolute atomic E-state index is 10.8. The molecule has 0 aliphatic heterocycles. The second-order valence-corrected chi connectivity index (χ2v) is 5.07. The van der Waals surface area contributed by atoms with Crippen LogP contribution < -0.4 is 0 Å². The van der Waals surface area contributed by atoms with Gasteiger partial charge >= 0.3 is 5.97 Å². The van der Waals surface area contributed by atoms with Crippen molar-refractivity contribution in [3.05, 3.63) is 12.7 Å². The lowest BCUT2D eigenvalue weighted by molar-refractivity contribution is -0.139. The Labute approximate surface area is 98.1 Å². The average Bonchev–Trinajstić information content (AvgIpc) is 2.16. The van der Waals surface area contributed by atoms with Crippen LogP contribution in [0.15, 0.2) is 12.7 Å². The normalized spacial score (nSPS) is 30.3. The Balaban J connectivity index is 2.62. The molecule has 3 unspecified atom stereocenters. The van der Waals surface area contributed by atoms with Gasteiger partial charge in [-0.2, -0.15) is 0 Å². The van der Waals surface area contributed by atoms with Gasteiger partial charge in [-0.15, -0.1) is 6.58 Å². The molecule has 0 amide bonds. The molecular formula is C13H23NO2. The molecular weight excluding hydrogens is 202 g/mol. The van der Waals surface area contributed by atoms with Crippen LogP contribution in [0, 0.1) is 11.8 Å². The summed E-state index contributed by atoms with van der Waals surface area (Å²) in [5, 5.41) is 8.90. The second-order valence-electron chi connectivity index (χ2n) is 5.07. The topological polar surface area (TPSA) is 40.5 Å². The zero-order valence-corrected chi connectivity index (χ0v) is 10.4. The molecule has 1 rings (SSSR count). The van der Waals surface area contributed by atoms with Gasteiger partial charge in [-0.1, -0.05) is 19.9 Å². The molecule has 0 saturated heterocycles. The number of rotatable bonds is 5. The van der Waals surface area contributed by atoms with Crippen molar-refractivity contribution in [1.82, 2.24) is 4.90 Å². The fourth-order valence-electron chi connectivity index (χ4n) is 2.85. The van der Waals surface area contributed by atoms with E-state index in [9.17, 15) is 4.79 Å². The third kappa shape index (κ3) is 3.63. The van der Waals surface area contributed by atoms with Crippen molar-refractivity contribution >= 4 is 5.97 Å². The van der Waals surface area contributed by atoms with Gasteiger partial charge in [-0.3, -0.25) is 9.69 Å². The minimum atomic E-state index is -0.743. The number of hydrogen-bond acceptors (Lipinski definition) is 2. The number of carboxylic acid groups (broad SMARTS) is 1. The summed E-state index contributed by atoms with van der Waals surface area (Å²) in [4.78, 5) is 12.9. The van der Waals surface area contributed by atoms with E-state index in [1.54, 1.807) is 6.08 Å². The summed E-state index contributed by atoms with van der Waals surface area (Å²) in [6.45, 7) is 9.03. The van der Waals surface area contributed by atoms with E-state index in [2.05, 4.69) is 20.4 Å². The minimum Gasteiger partial charge on any atom is -0.480 e. The largest absolute Gasteiger partial charge is 0.480 e. The Morgan fingerprint density at radius 3 is 2.69 bits per heavy atom. The third-order valence-corrected chi connectivity index (χ3v) is 3.56. The summed E-state index contributed by atoms with van der Waals surface area (Å²) >= 11 is 0. The highest BCUT2D eigenvalue weighted by Crippen LogP contribution is 2.31. The van der Waals surface area contributed by atoms with E-state index in [0.717, 1.165) is 12.3 Å². The zero-order chi connectivity index (χ0) is 12.1. The van der Waals surface area contributed by atoms with E-state index in [1.807, 2.05) is 4.90 Å². The Kier molecular flexibility index (Phi) is 5.00. The molecule has 0 aromatic carbocycles. The maximum atomic E-state index is 10.8. The van der Waals surface area contributed by atoms with Crippen LogP contribution in [0.4, 0.5) is 0 Å². The minimum absolute atomic E-state index is 0.134. The first-order valence-electron chi connectivity index (χ1n) is 6.11. The van der Waals surface area contributed by atoms with Crippen molar-refractivity contribution in [2.75, 3.05) is 13.1 Å². The molecule has 0 heterocycles. The summed E-state index contributed by atoms with van der Waals surface area (Å²) in [6.07, 6.45) is 5.33. The van der Waals surface area contributed by atoms with E-state index in [-0.39, 0.29) is 6.54 Å². The first-order chi connectivity index (χ1) is 7.54. The molecule has 0 spiro atoms. The highest BCUT2D eigenvalue weighted by atomic mass is 16.4. The van der Waals surface area contributed by atoms with Gasteiger partial charge in [0.2, 0.25) is 0 Å². The van der Waals surface area contributed by atoms with Crippen LogP contribution in [0.5, 0.6) is 0 Å². The van der Waals surface area contributed by atoms with Crippen LogP contribution in [-0.2, 0) is 4.79 Å². The van der Waals surface area contributed by atoms with Gasteiger partial charge in [0.1, 0.15) is 0 Å². The van der Waals surface area contributed by atoms with Crippen LogP contribution in [0.25, 0.3) is 0 Å². The Bertz CT molecular complexity index is 252. The SMILES string of the molecule is C=CCN(CC(=O)O)C1CCC(C)CC1C. The van der Waals surface area contributed by atoms with E-state index in [0.29, 0.717) is 18.5 Å². The van der Waals surface area contributed by atoms with Crippen LogP contribution in [0.1, 0.15) is 33.1 Å². The van der Waals surface area contributed by atoms with Crippen LogP contribution in [0.2, 0.25) is 0 Å². The van der Waals surface area contributed by atoms with E-state index in [4.69, 9.17) is 5.11 Å². The average molecular weight is 225 g/mol. The molecule has 0 radical (unpaired) electrons. The highest BCUT2D eigenvalue weighted by molar-refractivity contribution is 5.69. The van der Waals surface area contributed by atoms with E-state index < -0.39 is 5.97 Å². The lowest BCUT2D eigenvalue weighted by Gasteiger charge is -2.39. The molecule has 1 fully saturated rings. The monoisotopic (exact) mass is 225 g/mol. The van der Waals surface area contributed by atoms with Gasteiger partial charge in [0.05, 0.1) is 6.54 Å². The molecule has 16 heavy (non-hydrogen) atoms. The molecule has 92 valence electrons. The van der Waals surface area contributed by atoms with Gasteiger partial charge in [-0.25, -0.2) is 0 Å². The van der Waals surface area contributed by atoms with Gasteiger partial charge in [0.15, 0.2) is 0 Å². The quantitative estimate of drug-likeness (QED) is 0.730. The van der Waals surface area contributed by atoms with Gasteiger partial charge < -0.3 is 5.11 Å². The van der Waals surface area contributed by atoms with Crippen molar-refractivity contribution in [3.8, 4) is 0 Å². The number of carboxylic acids is 1. The number of aliphatic carboxylic acids is 1. The van der Waals surface area contributed by atoms with Gasteiger partial charge in [0.25, 0.3) is 0 Å². The van der Waals surface area contributed by atoms with Crippen molar-refractivity contribution in [2.24, 2.45) is 11.8 Å². The summed E-state index contributed by atoms with van der Waals surface area (Å²) in [7, 11) is 0. The number of hydrogen-bond donors (Lipinski definition) is 1. The van der Waals surface area contributed by atoms with E-state index >= 15 is 0 Å². The lowest BCUT2D eigenvalue weighted by atomic mass is 9.79. The summed E-state index contributed by atoms with van der Waals surface area (Å²) in [5.41, 5.74) is 0. The van der Waals surface area contributed by atoms with Crippen LogP contribution in [0.3, 0.4) is 0 Å². The highest BCUT2D eigenvalue weighted by Gasteiger charge is 2.30. The first-order valence-corrected chi connectivity index (χ1v) is 6.11. The number of carbonyl (C=O) groups is 1. The lowest BCUT2D eigenvalue weighted by Crippen LogP contribution is -2.45. The summed E-state index contributed by atoms with van der Waals surface area (Å²) in [6, 6.07) is 0.408. The molecule has 3 heteroatoms. The molecule has 1 saturated carbocycles. The van der Waals surface area contributed by atoms with Crippen molar-refractivity contribution in [2.45, 2.75) is 39.2 Å². The van der Waals surface area contributed by atoms with Crippen molar-refractivity contribution in [3.63, 3.8) is 0 Å². The van der Waals surface area contributed by atoms with E-state index in [1.165, 1.54) is 12.8 Å². The Hall–Kier alpha value is -0.830. The second kappa shape index (κ2) is 6.04. The molecule has 3 nitrogen and oxygen atoms in total. The van der Waals surface area contributed by atoms with Crippen LogP contribution >= 0.6 is 0 Å². The molecule has 0 aromatic rings. The Morgan fingerprint density at radius 1 is 1.50 bits per heavy atom. The molecule has 0 aromatic heterocycles. The van der Waals surface area contributed by atoms with Crippen molar-refractivity contribution in [1.29, 1.82) is 0 Å². The number of nitrogens with zero attached hydrogens (tertiary/aromatic N) is 1. The van der Waals surface area contributed by atoms with Crippen LogP contribution in [-0.4, -0.2) is 35.1 Å². The summed E-state index contributed by atoms with van der Waals surface area (Å²) in [5.74, 6) is 0.623. The molecule has 1 aliphatic rings. The standard InChI is InChI=1S/C13H23NO2/c1-4-7-14(9-13(15)16)12-6-5-10(2)8-11(12)3/h4,10-12H,1,5-9H2,2-3H3,(H,15,16). The molecule has 1 N–H and O–H groups in total. The van der Waals surface area contributed by atoms with Gasteiger partial charge in [-0.05, 0) is 31.1 Å². The predicted molar refractivity (Wildman–Crippen MR) is 65.4 cm³/mol. The fraction of sp³-hybridized carbons (Fsp3) is 0.769. The summed E-state index contributed by atoms with van der Waals surface area (Å²) < 4.78 is 0. The zero-order valence-electron chi connectivity index (χ0n) is 10.4. The fourth-order valence-corrected chi connectivity index (χ4v) is 2.85. The smallest absolute Gasteiger partial charge is 0.317 e. The Morgan fingerprint density at radius 2 is 2.19 bits per heavy atom. The maximum Gasteiger partial charge on any atom is 0.317 e. The third-order valence-electron chi connectivity index (χ3n) is 3.56. The van der Waals surface area contributed by atoms with Gasteiger partial charge in [0, 0.05) is 12.6 Å². The molecule has 1 aliphatic carbocycles. The molecule has 3 atom stereocenters. The molecule has 0 bridgehead atoms. The van der Waals surface area contributed by atoms with Crippen molar-refractivity contribution < 1.29 is 9.90 Å². The first kappa shape index (κ1) is 13.2.